The van der Waals surface area contributed by atoms with Crippen LogP contribution in [0.15, 0.2) is 24.3 Å². The minimum absolute atomic E-state index is 0.390. The van der Waals surface area contributed by atoms with Crippen molar-refractivity contribution in [1.82, 2.24) is 0 Å². The van der Waals surface area contributed by atoms with Crippen LogP contribution in [-0.4, -0.2) is 25.4 Å². The molecule has 6 heteroatoms. The van der Waals surface area contributed by atoms with Gasteiger partial charge in [0.25, 0.3) is 0 Å². The first-order valence-electron chi connectivity index (χ1n) is 4.34. The van der Waals surface area contributed by atoms with Gasteiger partial charge in [-0.15, -0.1) is 0 Å². The first-order valence-corrected chi connectivity index (χ1v) is 6.96. The highest BCUT2D eigenvalue weighted by Gasteiger charge is 2.19. The molecule has 0 fully saturated rings. The third-order valence-electron chi connectivity index (χ3n) is 1.87. The Balaban J connectivity index is 2.87. The zero-order valence-electron chi connectivity index (χ0n) is 8.14. The van der Waals surface area contributed by atoms with E-state index in [1.807, 2.05) is 6.07 Å². The Labute approximate surface area is 103 Å². The summed E-state index contributed by atoms with van der Waals surface area (Å²) in [5, 5.41) is 7.97. The molecule has 84 valence electrons. The number of hydrogen-bond donors (Lipinski definition) is 2. The molecule has 0 aromatic heterocycles. The van der Waals surface area contributed by atoms with Gasteiger partial charge in [-0.2, -0.15) is 0 Å². The van der Waals surface area contributed by atoms with E-state index in [0.29, 0.717) is 5.69 Å². The van der Waals surface area contributed by atoms with Crippen molar-refractivity contribution in [2.75, 3.05) is 11.3 Å². The van der Waals surface area contributed by atoms with E-state index in [4.69, 9.17) is 5.11 Å². The SMILES string of the molecule is CC(CO)S(=O)(=O)Nc1cccc(I)c1. The minimum atomic E-state index is -3.48. The molecule has 1 aromatic rings. The van der Waals surface area contributed by atoms with E-state index in [1.54, 1.807) is 18.2 Å². The van der Waals surface area contributed by atoms with Crippen molar-refractivity contribution in [2.45, 2.75) is 12.2 Å². The quantitative estimate of drug-likeness (QED) is 0.814. The van der Waals surface area contributed by atoms with Gasteiger partial charge in [0.05, 0.1) is 6.61 Å². The number of aliphatic hydroxyl groups is 1. The van der Waals surface area contributed by atoms with Crippen molar-refractivity contribution in [1.29, 1.82) is 0 Å². The molecule has 1 rings (SSSR count). The Morgan fingerprint density at radius 2 is 2.20 bits per heavy atom. The van der Waals surface area contributed by atoms with Crippen LogP contribution in [0.5, 0.6) is 0 Å². The molecule has 0 heterocycles. The lowest BCUT2D eigenvalue weighted by atomic mass is 10.3. The Morgan fingerprint density at radius 3 is 2.73 bits per heavy atom. The van der Waals surface area contributed by atoms with Crippen molar-refractivity contribution in [3.05, 3.63) is 27.8 Å². The maximum atomic E-state index is 11.6. The topological polar surface area (TPSA) is 66.4 Å². The summed E-state index contributed by atoms with van der Waals surface area (Å²) in [5.74, 6) is 0. The van der Waals surface area contributed by atoms with Gasteiger partial charge in [0.1, 0.15) is 5.25 Å². The van der Waals surface area contributed by atoms with Gasteiger partial charge in [0, 0.05) is 9.26 Å². The zero-order chi connectivity index (χ0) is 11.5. The predicted octanol–water partition coefficient (Wildman–Crippen LogP) is 1.41. The fourth-order valence-electron chi connectivity index (χ4n) is 0.915. The second kappa shape index (κ2) is 5.13. The van der Waals surface area contributed by atoms with Gasteiger partial charge in [-0.1, -0.05) is 6.07 Å². The van der Waals surface area contributed by atoms with Crippen LogP contribution in [0.25, 0.3) is 0 Å². The van der Waals surface area contributed by atoms with Crippen LogP contribution in [-0.2, 0) is 10.0 Å². The summed E-state index contributed by atoms with van der Waals surface area (Å²) in [6.45, 7) is 1.06. The number of sulfonamides is 1. The molecular weight excluding hydrogens is 329 g/mol. The number of halogens is 1. The van der Waals surface area contributed by atoms with Crippen LogP contribution in [0.4, 0.5) is 5.69 Å². The lowest BCUT2D eigenvalue weighted by Gasteiger charge is -2.12. The number of anilines is 1. The van der Waals surface area contributed by atoms with Crippen LogP contribution in [0, 0.1) is 3.57 Å². The van der Waals surface area contributed by atoms with Crippen molar-refractivity contribution in [3.8, 4) is 0 Å². The van der Waals surface area contributed by atoms with E-state index in [1.165, 1.54) is 6.92 Å². The van der Waals surface area contributed by atoms with Gasteiger partial charge in [-0.05, 0) is 47.7 Å². The molecule has 0 aliphatic heterocycles. The average Bonchev–Trinajstić information content (AvgIpc) is 2.15. The third-order valence-corrected chi connectivity index (χ3v) is 4.27. The highest BCUT2D eigenvalue weighted by Crippen LogP contribution is 2.15. The molecule has 0 saturated heterocycles. The van der Waals surface area contributed by atoms with Crippen molar-refractivity contribution < 1.29 is 13.5 Å². The summed E-state index contributed by atoms with van der Waals surface area (Å²) in [6, 6.07) is 7.03. The maximum absolute atomic E-state index is 11.6. The first kappa shape index (κ1) is 12.7. The largest absolute Gasteiger partial charge is 0.395 e. The summed E-state index contributed by atoms with van der Waals surface area (Å²) < 4.78 is 26.5. The molecule has 4 nitrogen and oxygen atoms in total. The smallest absolute Gasteiger partial charge is 0.237 e. The lowest BCUT2D eigenvalue weighted by Crippen LogP contribution is -2.28. The second-order valence-corrected chi connectivity index (χ2v) is 6.50. The highest BCUT2D eigenvalue weighted by molar-refractivity contribution is 14.1. The summed E-state index contributed by atoms with van der Waals surface area (Å²) in [5.41, 5.74) is 0.516. The van der Waals surface area contributed by atoms with E-state index >= 15 is 0 Å². The molecule has 0 saturated carbocycles. The summed E-state index contributed by atoms with van der Waals surface area (Å²) >= 11 is 2.10. The van der Waals surface area contributed by atoms with Crippen LogP contribution in [0.1, 0.15) is 6.92 Å². The number of hydrogen-bond acceptors (Lipinski definition) is 3. The maximum Gasteiger partial charge on any atom is 0.237 e. The van der Waals surface area contributed by atoms with Gasteiger partial charge in [0.15, 0.2) is 0 Å². The van der Waals surface area contributed by atoms with E-state index in [0.717, 1.165) is 3.57 Å². The molecule has 0 bridgehead atoms. The van der Waals surface area contributed by atoms with E-state index in [9.17, 15) is 8.42 Å². The molecule has 1 atom stereocenters. The standard InChI is InChI=1S/C9H12INO3S/c1-7(6-12)15(13,14)11-9-4-2-3-8(10)5-9/h2-5,7,11-12H,6H2,1H3. The molecule has 0 aliphatic carbocycles. The Kier molecular flexibility index (Phi) is 4.35. The zero-order valence-corrected chi connectivity index (χ0v) is 11.1. The van der Waals surface area contributed by atoms with Crippen LogP contribution < -0.4 is 4.72 Å². The summed E-state index contributed by atoms with van der Waals surface area (Å²) in [7, 11) is -3.48. The lowest BCUT2D eigenvalue weighted by molar-refractivity contribution is 0.296. The minimum Gasteiger partial charge on any atom is -0.395 e. The van der Waals surface area contributed by atoms with Gasteiger partial charge in [-0.25, -0.2) is 8.42 Å². The van der Waals surface area contributed by atoms with E-state index < -0.39 is 15.3 Å². The van der Waals surface area contributed by atoms with Gasteiger partial charge >= 0.3 is 0 Å². The van der Waals surface area contributed by atoms with Crippen LogP contribution in [0.3, 0.4) is 0 Å². The van der Waals surface area contributed by atoms with Gasteiger partial charge in [0.2, 0.25) is 10.0 Å². The molecular formula is C9H12INO3S. The van der Waals surface area contributed by atoms with Crippen molar-refractivity contribution in [3.63, 3.8) is 0 Å². The van der Waals surface area contributed by atoms with E-state index in [2.05, 4.69) is 27.3 Å². The average molecular weight is 341 g/mol. The van der Waals surface area contributed by atoms with Crippen LogP contribution >= 0.6 is 22.6 Å². The molecule has 0 amide bonds. The third kappa shape index (κ3) is 3.62. The normalized spacial score (nSPS) is 13.5. The molecule has 0 spiro atoms. The Morgan fingerprint density at radius 1 is 1.53 bits per heavy atom. The molecule has 2 N–H and O–H groups in total. The molecule has 1 unspecified atom stereocenters. The first-order chi connectivity index (χ1) is 6.95. The molecule has 15 heavy (non-hydrogen) atoms. The Hall–Kier alpha value is -0.340. The number of rotatable bonds is 4. The Bertz CT molecular complexity index is 433. The second-order valence-electron chi connectivity index (χ2n) is 3.15. The number of nitrogens with one attached hydrogen (secondary N) is 1. The van der Waals surface area contributed by atoms with Crippen molar-refractivity contribution in [2.24, 2.45) is 0 Å². The fourth-order valence-corrected chi connectivity index (χ4v) is 2.31. The summed E-state index contributed by atoms with van der Waals surface area (Å²) in [6.07, 6.45) is 0. The molecule has 0 radical (unpaired) electrons. The van der Waals surface area contributed by atoms with E-state index in [-0.39, 0.29) is 6.61 Å². The highest BCUT2D eigenvalue weighted by atomic mass is 127. The monoisotopic (exact) mass is 341 g/mol. The fraction of sp³-hybridized carbons (Fsp3) is 0.333. The van der Waals surface area contributed by atoms with Gasteiger partial charge in [-0.3, -0.25) is 4.72 Å². The predicted molar refractivity (Wildman–Crippen MR) is 68.2 cm³/mol. The number of benzene rings is 1. The molecule has 1 aromatic carbocycles. The van der Waals surface area contributed by atoms with Gasteiger partial charge < -0.3 is 5.11 Å². The summed E-state index contributed by atoms with van der Waals surface area (Å²) in [4.78, 5) is 0. The van der Waals surface area contributed by atoms with Crippen molar-refractivity contribution >= 4 is 38.3 Å². The molecule has 0 aliphatic rings. The number of aliphatic hydroxyl groups excluding tert-OH is 1. The van der Waals surface area contributed by atoms with Crippen LogP contribution in [0.2, 0.25) is 0 Å².